The molecule has 23 heavy (non-hydrogen) atoms. The van der Waals surface area contributed by atoms with Crippen molar-refractivity contribution in [2.45, 2.75) is 19.4 Å². The van der Waals surface area contributed by atoms with Crippen molar-refractivity contribution in [3.63, 3.8) is 0 Å². The number of carbonyl (C=O) groups is 1. The van der Waals surface area contributed by atoms with Crippen LogP contribution in [0, 0.1) is 5.82 Å². The second-order valence-electron chi connectivity index (χ2n) is 5.48. The van der Waals surface area contributed by atoms with Crippen LogP contribution in [0.4, 0.5) is 4.39 Å². The van der Waals surface area contributed by atoms with E-state index in [1.165, 1.54) is 12.1 Å². The van der Waals surface area contributed by atoms with Gasteiger partial charge >= 0.3 is 0 Å². The van der Waals surface area contributed by atoms with E-state index in [9.17, 15) is 9.18 Å². The van der Waals surface area contributed by atoms with Gasteiger partial charge in [0.15, 0.2) is 6.54 Å². The Morgan fingerprint density at radius 1 is 1.22 bits per heavy atom. The van der Waals surface area contributed by atoms with Gasteiger partial charge in [0, 0.05) is 17.1 Å². The van der Waals surface area contributed by atoms with Gasteiger partial charge in [-0.3, -0.25) is 4.79 Å². The van der Waals surface area contributed by atoms with E-state index in [0.717, 1.165) is 11.1 Å². The molecule has 0 heterocycles. The zero-order valence-corrected chi connectivity index (χ0v) is 13.8. The number of carbonyl (C=O) groups excluding carboxylic acids is 1. The minimum absolute atomic E-state index is 0.0222. The van der Waals surface area contributed by atoms with Crippen LogP contribution in [0.15, 0.2) is 48.5 Å². The fourth-order valence-electron chi connectivity index (χ4n) is 2.32. The Labute approximate surface area is 140 Å². The summed E-state index contributed by atoms with van der Waals surface area (Å²) >= 11 is 6.15. The van der Waals surface area contributed by atoms with Crippen molar-refractivity contribution >= 4 is 17.5 Å². The van der Waals surface area contributed by atoms with Crippen LogP contribution in [0.1, 0.15) is 24.1 Å². The largest absolute Gasteiger partial charge is 0.351 e. The van der Waals surface area contributed by atoms with E-state index in [-0.39, 0.29) is 17.8 Å². The van der Waals surface area contributed by atoms with Crippen molar-refractivity contribution in [3.05, 3.63) is 70.5 Å². The lowest BCUT2D eigenvalue weighted by molar-refractivity contribution is -0.682. The molecule has 0 unspecified atom stereocenters. The molecule has 0 fully saturated rings. The monoisotopic (exact) mass is 335 g/mol. The molecule has 3 N–H and O–H groups in total. The highest BCUT2D eigenvalue weighted by atomic mass is 35.5. The average Bonchev–Trinajstić information content (AvgIpc) is 2.55. The van der Waals surface area contributed by atoms with E-state index in [0.29, 0.717) is 24.5 Å². The fraction of sp³-hybridized carbons (Fsp3) is 0.278. The second-order valence-corrected chi connectivity index (χ2v) is 5.88. The Bertz CT molecular complexity index is 646. The molecule has 0 radical (unpaired) electrons. The number of hydrogen-bond donors (Lipinski definition) is 2. The highest BCUT2D eigenvalue weighted by molar-refractivity contribution is 6.31. The standard InChI is InChI=1S/C18H20ClFN2O/c1-13(16-4-2-3-5-17(16)19)22-12-18(23)21-11-10-14-6-8-15(20)9-7-14/h2-9,13,22H,10-12H2,1H3,(H,21,23)/p+1/t13-/m1/s1. The molecule has 5 heteroatoms. The van der Waals surface area contributed by atoms with Crippen LogP contribution in [-0.4, -0.2) is 19.0 Å². The van der Waals surface area contributed by atoms with E-state index >= 15 is 0 Å². The third-order valence-corrected chi connectivity index (χ3v) is 4.05. The van der Waals surface area contributed by atoms with Gasteiger partial charge in [0.05, 0.1) is 0 Å². The predicted molar refractivity (Wildman–Crippen MR) is 89.8 cm³/mol. The number of hydrogen-bond acceptors (Lipinski definition) is 1. The third-order valence-electron chi connectivity index (χ3n) is 3.70. The summed E-state index contributed by atoms with van der Waals surface area (Å²) in [5, 5.41) is 5.54. The van der Waals surface area contributed by atoms with Gasteiger partial charge in [-0.2, -0.15) is 0 Å². The molecule has 122 valence electrons. The van der Waals surface area contributed by atoms with Gasteiger partial charge < -0.3 is 10.6 Å². The Balaban J connectivity index is 1.71. The summed E-state index contributed by atoms with van der Waals surface area (Å²) < 4.78 is 12.8. The van der Waals surface area contributed by atoms with Gasteiger partial charge in [-0.15, -0.1) is 0 Å². The van der Waals surface area contributed by atoms with Crippen molar-refractivity contribution in [2.24, 2.45) is 0 Å². The maximum atomic E-state index is 12.8. The molecule has 1 amide bonds. The van der Waals surface area contributed by atoms with Crippen LogP contribution in [0.5, 0.6) is 0 Å². The molecule has 0 bridgehead atoms. The highest BCUT2D eigenvalue weighted by Crippen LogP contribution is 2.19. The first kappa shape index (κ1) is 17.4. The van der Waals surface area contributed by atoms with Gasteiger partial charge in [0.1, 0.15) is 11.9 Å². The van der Waals surface area contributed by atoms with Crippen LogP contribution in [0.3, 0.4) is 0 Å². The topological polar surface area (TPSA) is 45.7 Å². The fourth-order valence-corrected chi connectivity index (χ4v) is 2.63. The molecule has 2 aromatic carbocycles. The molecule has 0 spiro atoms. The molecule has 0 saturated carbocycles. The van der Waals surface area contributed by atoms with Gasteiger partial charge in [0.25, 0.3) is 5.91 Å². The number of nitrogens with two attached hydrogens (primary N) is 1. The summed E-state index contributed by atoms with van der Waals surface area (Å²) in [6.07, 6.45) is 0.687. The minimum atomic E-state index is -0.249. The SMILES string of the molecule is C[C@@H]([NH2+]CC(=O)NCCc1ccc(F)cc1)c1ccccc1Cl. The van der Waals surface area contributed by atoms with Crippen molar-refractivity contribution in [3.8, 4) is 0 Å². The van der Waals surface area contributed by atoms with Crippen LogP contribution >= 0.6 is 11.6 Å². The van der Waals surface area contributed by atoms with Crippen LogP contribution in [0.2, 0.25) is 5.02 Å². The number of nitrogens with one attached hydrogen (secondary N) is 1. The van der Waals surface area contributed by atoms with Crippen molar-refractivity contribution in [1.82, 2.24) is 5.32 Å². The summed E-state index contributed by atoms with van der Waals surface area (Å²) in [4.78, 5) is 11.9. The Morgan fingerprint density at radius 3 is 2.61 bits per heavy atom. The summed E-state index contributed by atoms with van der Waals surface area (Å²) in [6, 6.07) is 14.1. The van der Waals surface area contributed by atoms with Crippen LogP contribution in [-0.2, 0) is 11.2 Å². The van der Waals surface area contributed by atoms with E-state index in [4.69, 9.17) is 11.6 Å². The van der Waals surface area contributed by atoms with E-state index in [1.54, 1.807) is 12.1 Å². The van der Waals surface area contributed by atoms with E-state index < -0.39 is 0 Å². The molecule has 3 nitrogen and oxygen atoms in total. The first-order valence-corrected chi connectivity index (χ1v) is 8.03. The Hall–Kier alpha value is -1.91. The molecule has 0 aliphatic heterocycles. The zero-order chi connectivity index (χ0) is 16.7. The molecule has 1 atom stereocenters. The smallest absolute Gasteiger partial charge is 0.275 e. The number of benzene rings is 2. The van der Waals surface area contributed by atoms with Gasteiger partial charge in [-0.25, -0.2) is 4.39 Å². The molecule has 0 aromatic heterocycles. The molecule has 0 saturated heterocycles. The average molecular weight is 336 g/mol. The highest BCUT2D eigenvalue weighted by Gasteiger charge is 2.13. The third kappa shape index (κ3) is 5.66. The lowest BCUT2D eigenvalue weighted by Crippen LogP contribution is -2.87. The quantitative estimate of drug-likeness (QED) is 0.802. The predicted octanol–water partition coefficient (Wildman–Crippen LogP) is 2.46. The number of quaternary nitrogens is 1. The molecular weight excluding hydrogens is 315 g/mol. The number of rotatable bonds is 7. The first-order chi connectivity index (χ1) is 11.1. The number of amides is 1. The lowest BCUT2D eigenvalue weighted by atomic mass is 10.1. The van der Waals surface area contributed by atoms with Crippen molar-refractivity contribution < 1.29 is 14.5 Å². The van der Waals surface area contributed by atoms with Gasteiger partial charge in [-0.05, 0) is 37.1 Å². The van der Waals surface area contributed by atoms with Crippen molar-refractivity contribution in [2.75, 3.05) is 13.1 Å². The normalized spacial score (nSPS) is 12.0. The number of halogens is 2. The Morgan fingerprint density at radius 2 is 1.91 bits per heavy atom. The lowest BCUT2D eigenvalue weighted by Gasteiger charge is -2.12. The molecule has 0 aliphatic rings. The maximum absolute atomic E-state index is 12.8. The molecule has 0 aliphatic carbocycles. The second kappa shape index (κ2) is 8.65. The van der Waals surface area contributed by atoms with Crippen LogP contribution < -0.4 is 10.6 Å². The zero-order valence-electron chi connectivity index (χ0n) is 13.1. The van der Waals surface area contributed by atoms with Gasteiger partial charge in [0.2, 0.25) is 0 Å². The van der Waals surface area contributed by atoms with E-state index in [2.05, 4.69) is 5.32 Å². The summed E-state index contributed by atoms with van der Waals surface area (Å²) in [6.45, 7) is 2.90. The van der Waals surface area contributed by atoms with Gasteiger partial charge in [-0.1, -0.05) is 41.9 Å². The summed E-state index contributed by atoms with van der Waals surface area (Å²) in [5.41, 5.74) is 2.02. The molecule has 2 rings (SSSR count). The Kier molecular flexibility index (Phi) is 6.56. The van der Waals surface area contributed by atoms with Crippen molar-refractivity contribution in [1.29, 1.82) is 0 Å². The maximum Gasteiger partial charge on any atom is 0.275 e. The summed E-state index contributed by atoms with van der Waals surface area (Å²) in [7, 11) is 0. The molecular formula is C18H21ClFN2O+. The van der Waals surface area contributed by atoms with Crippen LogP contribution in [0.25, 0.3) is 0 Å². The minimum Gasteiger partial charge on any atom is -0.351 e. The van der Waals surface area contributed by atoms with E-state index in [1.807, 2.05) is 36.5 Å². The first-order valence-electron chi connectivity index (χ1n) is 7.65. The summed E-state index contributed by atoms with van der Waals surface area (Å²) in [5.74, 6) is -0.271. The molecule has 2 aromatic rings.